The number of benzene rings is 2. The summed E-state index contributed by atoms with van der Waals surface area (Å²) in [5.41, 5.74) is 9.58. The van der Waals surface area contributed by atoms with E-state index in [1.165, 1.54) is 11.1 Å². The van der Waals surface area contributed by atoms with Gasteiger partial charge in [-0.25, -0.2) is 0 Å². The summed E-state index contributed by atoms with van der Waals surface area (Å²) in [6.45, 7) is 2.59. The Morgan fingerprint density at radius 1 is 1.12 bits per heavy atom. The molecule has 3 nitrogen and oxygen atoms in total. The Bertz CT molecular complexity index is 691. The highest BCUT2D eigenvalue weighted by Crippen LogP contribution is 2.39. The molecule has 0 aliphatic heterocycles. The molecular formula is C20H25ClN2O. The van der Waals surface area contributed by atoms with E-state index in [-0.39, 0.29) is 23.9 Å². The van der Waals surface area contributed by atoms with Crippen molar-refractivity contribution in [3.05, 3.63) is 70.8 Å². The van der Waals surface area contributed by atoms with Crippen LogP contribution in [0.15, 0.2) is 48.5 Å². The molecule has 1 aliphatic carbocycles. The molecule has 128 valence electrons. The van der Waals surface area contributed by atoms with Crippen molar-refractivity contribution in [1.82, 2.24) is 5.32 Å². The first-order chi connectivity index (χ1) is 11.1. The van der Waals surface area contributed by atoms with Crippen molar-refractivity contribution in [3.63, 3.8) is 0 Å². The Morgan fingerprint density at radius 2 is 1.79 bits per heavy atom. The molecule has 4 heteroatoms. The van der Waals surface area contributed by atoms with E-state index in [0.29, 0.717) is 12.1 Å². The van der Waals surface area contributed by atoms with Gasteiger partial charge in [0.2, 0.25) is 0 Å². The lowest BCUT2D eigenvalue weighted by atomic mass is 9.87. The van der Waals surface area contributed by atoms with E-state index in [4.69, 9.17) is 5.73 Å². The smallest absolute Gasteiger partial charge is 0.251 e. The van der Waals surface area contributed by atoms with Crippen LogP contribution in [0.1, 0.15) is 52.7 Å². The molecule has 0 bridgehead atoms. The van der Waals surface area contributed by atoms with Gasteiger partial charge in [-0.2, -0.15) is 0 Å². The third-order valence-corrected chi connectivity index (χ3v) is 4.83. The van der Waals surface area contributed by atoms with Crippen molar-refractivity contribution in [2.75, 3.05) is 0 Å². The zero-order valence-corrected chi connectivity index (χ0v) is 14.9. The number of nitrogens with two attached hydrogens (primary N) is 1. The molecule has 3 N–H and O–H groups in total. The van der Waals surface area contributed by atoms with Gasteiger partial charge in [0.25, 0.3) is 5.91 Å². The molecule has 0 radical (unpaired) electrons. The maximum atomic E-state index is 12.7. The molecule has 0 spiro atoms. The number of rotatable bonds is 4. The third kappa shape index (κ3) is 3.80. The Hall–Kier alpha value is -1.84. The fourth-order valence-corrected chi connectivity index (χ4v) is 3.49. The Labute approximate surface area is 150 Å². The monoisotopic (exact) mass is 344 g/mol. The molecular weight excluding hydrogens is 320 g/mol. The highest BCUT2D eigenvalue weighted by atomic mass is 35.5. The first kappa shape index (κ1) is 18.5. The van der Waals surface area contributed by atoms with Gasteiger partial charge in [0.15, 0.2) is 0 Å². The number of amides is 1. The van der Waals surface area contributed by atoms with Crippen LogP contribution in [-0.4, -0.2) is 5.91 Å². The minimum atomic E-state index is -0.227. The molecule has 3 rings (SSSR count). The molecule has 0 atom stereocenters. The van der Waals surface area contributed by atoms with Gasteiger partial charge in [-0.3, -0.25) is 4.79 Å². The molecule has 1 saturated carbocycles. The van der Waals surface area contributed by atoms with Crippen molar-refractivity contribution < 1.29 is 4.79 Å². The van der Waals surface area contributed by atoms with E-state index in [0.717, 1.165) is 31.2 Å². The van der Waals surface area contributed by atoms with E-state index in [2.05, 4.69) is 36.5 Å². The Morgan fingerprint density at radius 3 is 2.38 bits per heavy atom. The van der Waals surface area contributed by atoms with Gasteiger partial charge in [-0.15, -0.1) is 12.4 Å². The SMILES string of the molecule is Cc1cccc(C2(NC(=O)c3ccc(CN)cc3)CCCC2)c1.Cl. The average molecular weight is 345 g/mol. The van der Waals surface area contributed by atoms with Crippen LogP contribution < -0.4 is 11.1 Å². The lowest BCUT2D eigenvalue weighted by Crippen LogP contribution is -2.43. The second-order valence-electron chi connectivity index (χ2n) is 6.51. The second kappa shape index (κ2) is 7.82. The topological polar surface area (TPSA) is 55.1 Å². The summed E-state index contributed by atoms with van der Waals surface area (Å²) in [5, 5.41) is 3.32. The van der Waals surface area contributed by atoms with Gasteiger partial charge in [-0.05, 0) is 43.0 Å². The highest BCUT2D eigenvalue weighted by Gasteiger charge is 2.37. The zero-order valence-electron chi connectivity index (χ0n) is 14.0. The molecule has 24 heavy (non-hydrogen) atoms. The summed E-state index contributed by atoms with van der Waals surface area (Å²) < 4.78 is 0. The summed E-state index contributed by atoms with van der Waals surface area (Å²) in [4.78, 5) is 12.7. The molecule has 1 aliphatic rings. The standard InChI is InChI=1S/C20H24N2O.ClH/c1-15-5-4-6-18(13-15)20(11-2-3-12-20)22-19(23)17-9-7-16(14-21)8-10-17;/h4-10,13H,2-3,11-12,14,21H2,1H3,(H,22,23);1H. The lowest BCUT2D eigenvalue weighted by Gasteiger charge is -2.31. The van der Waals surface area contributed by atoms with Crippen molar-refractivity contribution in [2.24, 2.45) is 5.73 Å². The summed E-state index contributed by atoms with van der Waals surface area (Å²) in [6.07, 6.45) is 4.31. The number of carbonyl (C=O) groups is 1. The van der Waals surface area contributed by atoms with E-state index >= 15 is 0 Å². The van der Waals surface area contributed by atoms with E-state index in [1.54, 1.807) is 0 Å². The number of aryl methyl sites for hydroxylation is 1. The number of hydrogen-bond donors (Lipinski definition) is 2. The van der Waals surface area contributed by atoms with Crippen LogP contribution >= 0.6 is 12.4 Å². The second-order valence-corrected chi connectivity index (χ2v) is 6.51. The van der Waals surface area contributed by atoms with Crippen molar-refractivity contribution in [2.45, 2.75) is 44.7 Å². The Kier molecular flexibility index (Phi) is 6.03. The van der Waals surface area contributed by atoms with Crippen LogP contribution in [0.5, 0.6) is 0 Å². The minimum Gasteiger partial charge on any atom is -0.343 e. The fraction of sp³-hybridized carbons (Fsp3) is 0.350. The van der Waals surface area contributed by atoms with E-state index in [9.17, 15) is 4.79 Å². The zero-order chi connectivity index (χ0) is 16.3. The number of halogens is 1. The highest BCUT2D eigenvalue weighted by molar-refractivity contribution is 5.94. The minimum absolute atomic E-state index is 0. The third-order valence-electron chi connectivity index (χ3n) is 4.83. The predicted molar refractivity (Wildman–Crippen MR) is 100 cm³/mol. The van der Waals surface area contributed by atoms with Crippen LogP contribution in [0, 0.1) is 6.92 Å². The summed E-state index contributed by atoms with van der Waals surface area (Å²) >= 11 is 0. The summed E-state index contributed by atoms with van der Waals surface area (Å²) in [6, 6.07) is 16.1. The van der Waals surface area contributed by atoms with Crippen LogP contribution in [0.4, 0.5) is 0 Å². The van der Waals surface area contributed by atoms with Crippen molar-refractivity contribution in [1.29, 1.82) is 0 Å². The van der Waals surface area contributed by atoms with Gasteiger partial charge in [0.1, 0.15) is 0 Å². The number of hydrogen-bond acceptors (Lipinski definition) is 2. The van der Waals surface area contributed by atoms with Crippen LogP contribution in [-0.2, 0) is 12.1 Å². The van der Waals surface area contributed by atoms with Crippen LogP contribution in [0.2, 0.25) is 0 Å². The molecule has 0 saturated heterocycles. The first-order valence-corrected chi connectivity index (χ1v) is 8.32. The quantitative estimate of drug-likeness (QED) is 0.878. The molecule has 0 heterocycles. The maximum absolute atomic E-state index is 12.7. The number of carbonyl (C=O) groups excluding carboxylic acids is 1. The lowest BCUT2D eigenvalue weighted by molar-refractivity contribution is 0.0898. The largest absolute Gasteiger partial charge is 0.343 e. The van der Waals surface area contributed by atoms with Gasteiger partial charge >= 0.3 is 0 Å². The van der Waals surface area contributed by atoms with Gasteiger partial charge in [0.05, 0.1) is 5.54 Å². The van der Waals surface area contributed by atoms with E-state index < -0.39 is 0 Å². The van der Waals surface area contributed by atoms with Crippen LogP contribution in [0.25, 0.3) is 0 Å². The normalized spacial score (nSPS) is 15.6. The molecule has 2 aromatic rings. The number of nitrogens with one attached hydrogen (secondary N) is 1. The van der Waals surface area contributed by atoms with E-state index in [1.807, 2.05) is 24.3 Å². The van der Waals surface area contributed by atoms with Gasteiger partial charge in [-0.1, -0.05) is 54.8 Å². The summed E-state index contributed by atoms with van der Waals surface area (Å²) in [7, 11) is 0. The molecule has 0 aromatic heterocycles. The Balaban J connectivity index is 0.00000208. The van der Waals surface area contributed by atoms with Gasteiger partial charge < -0.3 is 11.1 Å². The fourth-order valence-electron chi connectivity index (χ4n) is 3.49. The predicted octanol–water partition coefficient (Wildman–Crippen LogP) is 4.07. The van der Waals surface area contributed by atoms with Crippen molar-refractivity contribution >= 4 is 18.3 Å². The molecule has 2 aromatic carbocycles. The molecule has 1 amide bonds. The average Bonchev–Trinajstić information content (AvgIpc) is 3.04. The maximum Gasteiger partial charge on any atom is 0.251 e. The van der Waals surface area contributed by atoms with Crippen molar-refractivity contribution in [3.8, 4) is 0 Å². The molecule has 1 fully saturated rings. The first-order valence-electron chi connectivity index (χ1n) is 8.32. The van der Waals surface area contributed by atoms with Crippen LogP contribution in [0.3, 0.4) is 0 Å². The molecule has 0 unspecified atom stereocenters. The van der Waals surface area contributed by atoms with Gasteiger partial charge in [0, 0.05) is 12.1 Å². The summed E-state index contributed by atoms with van der Waals surface area (Å²) in [5.74, 6) is -0.00280.